The Morgan fingerprint density at radius 2 is 0.785 bits per heavy atom. The number of hydrogen-bond donors (Lipinski definition) is 6. The lowest BCUT2D eigenvalue weighted by molar-refractivity contribution is -0.220. The van der Waals surface area contributed by atoms with E-state index in [4.69, 9.17) is 18.5 Å². The van der Waals surface area contributed by atoms with E-state index in [1.807, 2.05) is 0 Å². The molecule has 1 fully saturated rings. The summed E-state index contributed by atoms with van der Waals surface area (Å²) in [4.78, 5) is 35.8. The molecular formula is C51H97O13P. The van der Waals surface area contributed by atoms with Gasteiger partial charge in [-0.25, -0.2) is 4.57 Å². The molecule has 6 N–H and O–H groups in total. The Labute approximate surface area is 394 Å². The lowest BCUT2D eigenvalue weighted by Gasteiger charge is -2.41. The zero-order valence-corrected chi connectivity index (χ0v) is 41.9. The van der Waals surface area contributed by atoms with Crippen molar-refractivity contribution >= 4 is 19.8 Å². The summed E-state index contributed by atoms with van der Waals surface area (Å²) in [6, 6.07) is 0. The van der Waals surface area contributed by atoms with E-state index in [9.17, 15) is 44.6 Å². The van der Waals surface area contributed by atoms with Crippen molar-refractivity contribution in [3.63, 3.8) is 0 Å². The summed E-state index contributed by atoms with van der Waals surface area (Å²) in [5, 5.41) is 50.3. The van der Waals surface area contributed by atoms with Crippen LogP contribution in [-0.2, 0) is 32.7 Å². The van der Waals surface area contributed by atoms with E-state index in [1.165, 1.54) is 154 Å². The summed E-state index contributed by atoms with van der Waals surface area (Å²) in [5.74, 6) is -1.09. The van der Waals surface area contributed by atoms with Gasteiger partial charge in [0.25, 0.3) is 0 Å². The summed E-state index contributed by atoms with van der Waals surface area (Å²) in [6.07, 6.45) is 32.6. The van der Waals surface area contributed by atoms with Gasteiger partial charge in [-0.15, -0.1) is 0 Å². The molecule has 0 radical (unpaired) electrons. The zero-order chi connectivity index (χ0) is 47.8. The van der Waals surface area contributed by atoms with Crippen LogP contribution >= 0.6 is 7.82 Å². The van der Waals surface area contributed by atoms with Crippen molar-refractivity contribution in [3.05, 3.63) is 12.2 Å². The lowest BCUT2D eigenvalue weighted by Crippen LogP contribution is -2.64. The van der Waals surface area contributed by atoms with Gasteiger partial charge in [-0.2, -0.15) is 0 Å². The first-order chi connectivity index (χ1) is 31.4. The molecule has 14 heteroatoms. The largest absolute Gasteiger partial charge is 0.472 e. The summed E-state index contributed by atoms with van der Waals surface area (Å²) in [7, 11) is -5.12. The van der Waals surface area contributed by atoms with Crippen LogP contribution in [0.1, 0.15) is 245 Å². The monoisotopic (exact) mass is 949 g/mol. The summed E-state index contributed by atoms with van der Waals surface area (Å²) >= 11 is 0. The van der Waals surface area contributed by atoms with Crippen LogP contribution in [0.2, 0.25) is 0 Å². The summed E-state index contributed by atoms with van der Waals surface area (Å²) in [6.45, 7) is 3.34. The highest BCUT2D eigenvalue weighted by molar-refractivity contribution is 7.47. The molecule has 0 spiro atoms. The van der Waals surface area contributed by atoms with Gasteiger partial charge in [0.15, 0.2) is 6.10 Å². The van der Waals surface area contributed by atoms with Gasteiger partial charge in [0.2, 0.25) is 0 Å². The van der Waals surface area contributed by atoms with E-state index in [2.05, 4.69) is 26.0 Å². The van der Waals surface area contributed by atoms with Crippen molar-refractivity contribution in [1.29, 1.82) is 0 Å². The third kappa shape index (κ3) is 33.7. The maximum absolute atomic E-state index is 12.9. The van der Waals surface area contributed by atoms with Gasteiger partial charge in [0.05, 0.1) is 6.61 Å². The molecule has 8 atom stereocenters. The van der Waals surface area contributed by atoms with Crippen molar-refractivity contribution < 1.29 is 63.1 Å². The number of hydrogen-bond acceptors (Lipinski definition) is 12. The third-order valence-electron chi connectivity index (χ3n) is 12.6. The number of phosphoric acid groups is 1. The van der Waals surface area contributed by atoms with Crippen molar-refractivity contribution in [2.75, 3.05) is 13.2 Å². The number of aliphatic hydroxyl groups is 5. The molecule has 0 aliphatic heterocycles. The maximum atomic E-state index is 12.9. The normalized spacial score (nSPS) is 21.4. The lowest BCUT2D eigenvalue weighted by atomic mass is 9.85. The maximum Gasteiger partial charge on any atom is 0.472 e. The van der Waals surface area contributed by atoms with Crippen LogP contribution in [0, 0.1) is 0 Å². The highest BCUT2D eigenvalue weighted by atomic mass is 31.2. The van der Waals surface area contributed by atoms with Crippen LogP contribution in [0.3, 0.4) is 0 Å². The second-order valence-corrected chi connectivity index (χ2v) is 20.1. The van der Waals surface area contributed by atoms with Gasteiger partial charge in [-0.3, -0.25) is 18.6 Å². The number of carbonyl (C=O) groups is 2. The zero-order valence-electron chi connectivity index (χ0n) is 41.1. The molecule has 0 aromatic carbocycles. The molecule has 1 saturated carbocycles. The molecular weight excluding hydrogens is 852 g/mol. The molecule has 0 aromatic heterocycles. The minimum absolute atomic E-state index is 0.102. The smallest absolute Gasteiger partial charge is 0.462 e. The number of ether oxygens (including phenoxy) is 2. The van der Waals surface area contributed by atoms with Crippen LogP contribution in [0.25, 0.3) is 0 Å². The van der Waals surface area contributed by atoms with E-state index < -0.39 is 75.7 Å². The number of rotatable bonds is 45. The Kier molecular flexibility index (Phi) is 39.4. The van der Waals surface area contributed by atoms with E-state index in [1.54, 1.807) is 0 Å². The summed E-state index contributed by atoms with van der Waals surface area (Å²) < 4.78 is 33.7. The number of unbranched alkanes of at least 4 members (excludes halogenated alkanes) is 31. The molecule has 1 aliphatic carbocycles. The van der Waals surface area contributed by atoms with Crippen molar-refractivity contribution in [1.82, 2.24) is 0 Å². The third-order valence-corrected chi connectivity index (χ3v) is 13.6. The first kappa shape index (κ1) is 61.6. The predicted octanol–water partition coefficient (Wildman–Crippen LogP) is 11.4. The molecule has 6 unspecified atom stereocenters. The second kappa shape index (κ2) is 41.6. The van der Waals surface area contributed by atoms with Crippen LogP contribution in [0.15, 0.2) is 12.2 Å². The van der Waals surface area contributed by atoms with Gasteiger partial charge in [0.1, 0.15) is 43.2 Å². The Morgan fingerprint density at radius 3 is 1.17 bits per heavy atom. The average Bonchev–Trinajstić information content (AvgIpc) is 3.29. The minimum Gasteiger partial charge on any atom is -0.462 e. The van der Waals surface area contributed by atoms with Crippen LogP contribution in [0.5, 0.6) is 0 Å². The second-order valence-electron chi connectivity index (χ2n) is 18.7. The van der Waals surface area contributed by atoms with Crippen LogP contribution < -0.4 is 0 Å². The Balaban J connectivity index is 2.38. The molecule has 65 heavy (non-hydrogen) atoms. The number of phosphoric ester groups is 1. The summed E-state index contributed by atoms with van der Waals surface area (Å²) in [5.41, 5.74) is 0. The number of esters is 2. The first-order valence-electron chi connectivity index (χ1n) is 26.5. The molecule has 1 aliphatic rings. The van der Waals surface area contributed by atoms with Crippen molar-refractivity contribution in [2.45, 2.75) is 288 Å². The Morgan fingerprint density at radius 1 is 0.462 bits per heavy atom. The molecule has 13 nitrogen and oxygen atoms in total. The molecule has 0 aromatic rings. The molecule has 384 valence electrons. The predicted molar refractivity (Wildman–Crippen MR) is 258 cm³/mol. The van der Waals surface area contributed by atoms with Crippen LogP contribution in [-0.4, -0.2) is 98.3 Å². The Bertz CT molecular complexity index is 1190. The topological polar surface area (TPSA) is 210 Å². The van der Waals surface area contributed by atoms with Crippen LogP contribution in [0.4, 0.5) is 0 Å². The fraction of sp³-hybridized carbons (Fsp3) is 0.922. The van der Waals surface area contributed by atoms with Gasteiger partial charge < -0.3 is 39.9 Å². The van der Waals surface area contributed by atoms with E-state index >= 15 is 0 Å². The van der Waals surface area contributed by atoms with Gasteiger partial charge in [-0.05, 0) is 38.5 Å². The van der Waals surface area contributed by atoms with E-state index in [-0.39, 0.29) is 12.8 Å². The number of aliphatic hydroxyl groups excluding tert-OH is 5. The van der Waals surface area contributed by atoms with Gasteiger partial charge in [-0.1, -0.05) is 206 Å². The highest BCUT2D eigenvalue weighted by Crippen LogP contribution is 2.47. The van der Waals surface area contributed by atoms with E-state index in [0.29, 0.717) is 12.8 Å². The molecule has 0 bridgehead atoms. The van der Waals surface area contributed by atoms with Gasteiger partial charge in [0, 0.05) is 12.8 Å². The first-order valence-corrected chi connectivity index (χ1v) is 28.0. The molecule has 0 saturated heterocycles. The SMILES string of the molecule is CCCCCCCCCC/C=C\CCCCCCCCCC(=O)OC[C@H](COP(=O)(O)OC1C(O)C(O)C(O)[C@@H](O)C1O)OC(=O)CCCCCCCCCCCCCCCCCCC. The fourth-order valence-electron chi connectivity index (χ4n) is 8.34. The van der Waals surface area contributed by atoms with Gasteiger partial charge >= 0.3 is 19.8 Å². The highest BCUT2D eigenvalue weighted by Gasteiger charge is 2.51. The minimum atomic E-state index is -5.12. The number of allylic oxidation sites excluding steroid dienone is 2. The number of carbonyl (C=O) groups excluding carboxylic acids is 2. The van der Waals surface area contributed by atoms with Crippen molar-refractivity contribution in [2.24, 2.45) is 0 Å². The molecule has 1 rings (SSSR count). The Hall–Kier alpha value is -1.41. The quantitative estimate of drug-likeness (QED) is 0.0145. The molecule has 0 amide bonds. The standard InChI is InChI=1S/C51H97O13P/c1-3-5-7-9-11-13-15-17-19-21-22-24-25-27-29-31-33-35-37-39-44(52)61-41-43(42-62-65(59,60)64-51-49(57)47(55)46(54)48(56)50(51)58)63-45(53)40-38-36-34-32-30-28-26-23-20-18-16-14-12-10-8-6-4-2/h21-22,43,46-51,54-58H,3-20,23-42H2,1-2H3,(H,59,60)/b22-21-/t43-,46?,47-,48?,49?,50?,51?/m1/s1. The fourth-order valence-corrected chi connectivity index (χ4v) is 9.32. The average molecular weight is 949 g/mol. The van der Waals surface area contributed by atoms with Crippen molar-refractivity contribution in [3.8, 4) is 0 Å². The van der Waals surface area contributed by atoms with E-state index in [0.717, 1.165) is 51.4 Å². The molecule has 0 heterocycles.